The molecular formula is C19H20N4O6. The monoisotopic (exact) mass is 400 g/mol. The van der Waals surface area contributed by atoms with Crippen LogP contribution >= 0.6 is 0 Å². The maximum Gasteiger partial charge on any atom is 0.279 e. The molecular weight excluding hydrogens is 380 g/mol. The first-order chi connectivity index (χ1) is 13.4. The average molecular weight is 400 g/mol. The van der Waals surface area contributed by atoms with Crippen LogP contribution in [0.3, 0.4) is 0 Å². The molecule has 0 fully saturated rings. The van der Waals surface area contributed by atoms with E-state index in [4.69, 9.17) is 0 Å². The molecule has 0 spiro atoms. The van der Waals surface area contributed by atoms with Crippen LogP contribution in [0.15, 0.2) is 36.4 Å². The first-order valence-electron chi connectivity index (χ1n) is 8.57. The highest BCUT2D eigenvalue weighted by Crippen LogP contribution is 2.29. The summed E-state index contributed by atoms with van der Waals surface area (Å²) < 4.78 is 0. The zero-order valence-corrected chi connectivity index (χ0v) is 16.3. The van der Waals surface area contributed by atoms with Gasteiger partial charge in [0.25, 0.3) is 23.2 Å². The van der Waals surface area contributed by atoms with Crippen LogP contribution < -0.4 is 10.6 Å². The lowest BCUT2D eigenvalue weighted by Crippen LogP contribution is -2.40. The summed E-state index contributed by atoms with van der Waals surface area (Å²) in [5.74, 6) is -1.22. The Labute approximate surface area is 166 Å². The number of carbonyl (C=O) groups excluding carboxylic acids is 2. The van der Waals surface area contributed by atoms with Crippen LogP contribution in [0.5, 0.6) is 0 Å². The van der Waals surface area contributed by atoms with Crippen molar-refractivity contribution in [2.24, 2.45) is 0 Å². The van der Waals surface area contributed by atoms with Crippen LogP contribution in [0.2, 0.25) is 0 Å². The van der Waals surface area contributed by atoms with E-state index in [0.29, 0.717) is 0 Å². The normalized spacial score (nSPS) is 10.9. The van der Waals surface area contributed by atoms with Crippen molar-refractivity contribution in [3.05, 3.63) is 73.3 Å². The van der Waals surface area contributed by atoms with Crippen molar-refractivity contribution in [3.63, 3.8) is 0 Å². The molecule has 0 aliphatic heterocycles. The van der Waals surface area contributed by atoms with E-state index in [1.54, 1.807) is 32.9 Å². The number of nitrogens with zero attached hydrogens (tertiary/aromatic N) is 2. The van der Waals surface area contributed by atoms with Gasteiger partial charge in [-0.1, -0.05) is 12.1 Å². The Hall–Kier alpha value is -3.82. The summed E-state index contributed by atoms with van der Waals surface area (Å²) in [4.78, 5) is 46.0. The minimum absolute atomic E-state index is 0.0188. The minimum Gasteiger partial charge on any atom is -0.347 e. The topological polar surface area (TPSA) is 144 Å². The molecule has 10 nitrogen and oxygen atoms in total. The van der Waals surface area contributed by atoms with Crippen molar-refractivity contribution in [1.29, 1.82) is 0 Å². The number of nitrogens with one attached hydrogen (secondary N) is 2. The zero-order valence-electron chi connectivity index (χ0n) is 16.3. The molecule has 10 heteroatoms. The van der Waals surface area contributed by atoms with Crippen LogP contribution in [0.25, 0.3) is 0 Å². The number of nitro benzene ring substituents is 2. The van der Waals surface area contributed by atoms with Crippen molar-refractivity contribution in [2.45, 2.75) is 33.2 Å². The lowest BCUT2D eigenvalue weighted by atomic mass is 10.0. The molecule has 2 aromatic carbocycles. The maximum absolute atomic E-state index is 12.8. The average Bonchev–Trinajstić information content (AvgIpc) is 2.60. The van der Waals surface area contributed by atoms with E-state index in [2.05, 4.69) is 10.6 Å². The number of nitro groups is 2. The fourth-order valence-corrected chi connectivity index (χ4v) is 2.60. The van der Waals surface area contributed by atoms with Gasteiger partial charge in [0.05, 0.1) is 32.7 Å². The van der Waals surface area contributed by atoms with Gasteiger partial charge in [-0.3, -0.25) is 29.8 Å². The number of carbonyl (C=O) groups is 2. The van der Waals surface area contributed by atoms with Crippen molar-refractivity contribution in [3.8, 4) is 0 Å². The second-order valence-corrected chi connectivity index (χ2v) is 7.36. The molecule has 29 heavy (non-hydrogen) atoms. The van der Waals surface area contributed by atoms with Gasteiger partial charge in [0.15, 0.2) is 0 Å². The number of amides is 2. The zero-order chi connectivity index (χ0) is 21.9. The van der Waals surface area contributed by atoms with Crippen molar-refractivity contribution >= 4 is 28.9 Å². The van der Waals surface area contributed by atoms with Crippen molar-refractivity contribution in [2.75, 3.05) is 5.32 Å². The molecule has 0 aliphatic carbocycles. The van der Waals surface area contributed by atoms with E-state index in [-0.39, 0.29) is 22.4 Å². The second kappa shape index (κ2) is 8.05. The number of rotatable bonds is 5. The Balaban J connectivity index is 2.45. The highest BCUT2D eigenvalue weighted by molar-refractivity contribution is 6.10. The summed E-state index contributed by atoms with van der Waals surface area (Å²) >= 11 is 0. The van der Waals surface area contributed by atoms with E-state index in [9.17, 15) is 29.8 Å². The molecule has 0 aromatic heterocycles. The first-order valence-corrected chi connectivity index (χ1v) is 8.57. The molecule has 0 radical (unpaired) electrons. The molecule has 2 aromatic rings. The maximum atomic E-state index is 12.8. The molecule has 0 saturated heterocycles. The van der Waals surface area contributed by atoms with E-state index in [1.165, 1.54) is 19.1 Å². The minimum atomic E-state index is -0.812. The van der Waals surface area contributed by atoms with Crippen LogP contribution in [0.4, 0.5) is 17.1 Å². The number of benzene rings is 2. The molecule has 0 atom stereocenters. The number of hydrogen-bond donors (Lipinski definition) is 2. The molecule has 2 rings (SSSR count). The number of non-ortho nitro benzene ring substituents is 1. The SMILES string of the molecule is Cc1c(C(=O)Nc2ccccc2C(=O)NC(C)(C)C)cc([N+](=O)[O-])cc1[N+](=O)[O-]. The largest absolute Gasteiger partial charge is 0.347 e. The van der Waals surface area contributed by atoms with Gasteiger partial charge in [-0.2, -0.15) is 0 Å². The third-order valence-electron chi connectivity index (χ3n) is 3.93. The van der Waals surface area contributed by atoms with Crippen molar-refractivity contribution < 1.29 is 19.4 Å². The molecule has 0 bridgehead atoms. The first kappa shape index (κ1) is 21.5. The predicted octanol–water partition coefficient (Wildman–Crippen LogP) is 3.59. The summed E-state index contributed by atoms with van der Waals surface area (Å²) in [5, 5.41) is 27.6. The van der Waals surface area contributed by atoms with E-state index >= 15 is 0 Å². The van der Waals surface area contributed by atoms with Gasteiger partial charge in [0, 0.05) is 17.2 Å². The van der Waals surface area contributed by atoms with Crippen LogP contribution in [-0.4, -0.2) is 27.2 Å². The van der Waals surface area contributed by atoms with E-state index in [1.807, 2.05) is 0 Å². The fourth-order valence-electron chi connectivity index (χ4n) is 2.60. The van der Waals surface area contributed by atoms with E-state index in [0.717, 1.165) is 12.1 Å². The Morgan fingerprint density at radius 3 is 2.10 bits per heavy atom. The van der Waals surface area contributed by atoms with Crippen LogP contribution in [-0.2, 0) is 0 Å². The lowest BCUT2D eigenvalue weighted by Gasteiger charge is -2.21. The van der Waals surface area contributed by atoms with Gasteiger partial charge in [0.2, 0.25) is 0 Å². The Bertz CT molecular complexity index is 1010. The van der Waals surface area contributed by atoms with Crippen molar-refractivity contribution in [1.82, 2.24) is 5.32 Å². The highest BCUT2D eigenvalue weighted by Gasteiger charge is 2.26. The van der Waals surface area contributed by atoms with Gasteiger partial charge in [-0.15, -0.1) is 0 Å². The molecule has 0 saturated carbocycles. The molecule has 0 heterocycles. The summed E-state index contributed by atoms with van der Waals surface area (Å²) in [7, 11) is 0. The van der Waals surface area contributed by atoms with Gasteiger partial charge in [-0.05, 0) is 39.8 Å². The quantitative estimate of drug-likeness (QED) is 0.579. The summed E-state index contributed by atoms with van der Waals surface area (Å²) in [6.07, 6.45) is 0. The van der Waals surface area contributed by atoms with E-state index < -0.39 is 38.6 Å². The van der Waals surface area contributed by atoms with Crippen LogP contribution in [0, 0.1) is 27.2 Å². The molecule has 0 aliphatic rings. The number of hydrogen-bond acceptors (Lipinski definition) is 6. The third kappa shape index (κ3) is 5.12. The number of para-hydroxylation sites is 1. The fraction of sp³-hybridized carbons (Fsp3) is 0.263. The smallest absolute Gasteiger partial charge is 0.279 e. The molecule has 0 unspecified atom stereocenters. The third-order valence-corrected chi connectivity index (χ3v) is 3.93. The van der Waals surface area contributed by atoms with Gasteiger partial charge >= 0.3 is 0 Å². The molecule has 152 valence electrons. The Morgan fingerprint density at radius 1 is 0.931 bits per heavy atom. The predicted molar refractivity (Wildman–Crippen MR) is 106 cm³/mol. The Kier molecular flexibility index (Phi) is 5.96. The summed E-state index contributed by atoms with van der Waals surface area (Å²) in [5.41, 5.74) is -1.51. The van der Waals surface area contributed by atoms with Gasteiger partial charge < -0.3 is 10.6 Å². The summed E-state index contributed by atoms with van der Waals surface area (Å²) in [6.45, 7) is 6.74. The number of anilines is 1. The van der Waals surface area contributed by atoms with Gasteiger partial charge in [-0.25, -0.2) is 0 Å². The standard InChI is InChI=1S/C19H20N4O6/c1-11-14(9-12(22(26)27)10-16(11)23(28)29)17(24)20-15-8-6-5-7-13(15)18(25)21-19(2,3)4/h5-10H,1-4H3,(H,20,24)(H,21,25). The second-order valence-electron chi connectivity index (χ2n) is 7.36. The van der Waals surface area contributed by atoms with Gasteiger partial charge in [0.1, 0.15) is 0 Å². The summed E-state index contributed by atoms with van der Waals surface area (Å²) in [6, 6.07) is 8.01. The highest BCUT2D eigenvalue weighted by atomic mass is 16.6. The molecule has 2 N–H and O–H groups in total. The Morgan fingerprint density at radius 2 is 1.55 bits per heavy atom. The van der Waals surface area contributed by atoms with Crippen LogP contribution in [0.1, 0.15) is 47.1 Å². The molecule has 2 amide bonds. The lowest BCUT2D eigenvalue weighted by molar-refractivity contribution is -0.394.